The molecule has 17 heavy (non-hydrogen) atoms. The monoisotopic (exact) mass is 300 g/mol. The summed E-state index contributed by atoms with van der Waals surface area (Å²) < 4.78 is 10.6. The number of hydrogen-bond donors (Lipinski definition) is 0. The number of rotatable bonds is 5. The van der Waals surface area contributed by atoms with Crippen molar-refractivity contribution in [1.29, 1.82) is 0 Å². The molecule has 0 spiro atoms. The van der Waals surface area contributed by atoms with Gasteiger partial charge in [-0.05, 0) is 19.1 Å². The molecule has 4 nitrogen and oxygen atoms in total. The number of carbonyl (C=O) groups excluding carboxylic acids is 2. The summed E-state index contributed by atoms with van der Waals surface area (Å²) in [6, 6.07) is 3.28. The third kappa shape index (κ3) is 3.56. The normalized spacial score (nSPS) is 9.82. The zero-order valence-corrected chi connectivity index (χ0v) is 11.2. The van der Waals surface area contributed by atoms with E-state index in [9.17, 15) is 9.59 Å². The summed E-state index contributed by atoms with van der Waals surface area (Å²) >= 11 is 3.26. The highest BCUT2D eigenvalue weighted by Crippen LogP contribution is 2.27. The van der Waals surface area contributed by atoms with Gasteiger partial charge in [0.05, 0.1) is 20.1 Å². The van der Waals surface area contributed by atoms with Crippen molar-refractivity contribution in [2.75, 3.05) is 13.7 Å². The third-order valence-electron chi connectivity index (χ3n) is 2.17. The number of methoxy groups -OCH3 is 1. The van der Waals surface area contributed by atoms with Gasteiger partial charge in [-0.25, -0.2) is 0 Å². The summed E-state index contributed by atoms with van der Waals surface area (Å²) in [4.78, 5) is 22.1. The molecule has 0 aliphatic carbocycles. The molecular weight excluding hydrogens is 288 g/mol. The van der Waals surface area contributed by atoms with Gasteiger partial charge in [-0.2, -0.15) is 0 Å². The number of halogens is 1. The number of esters is 1. The Bertz CT molecular complexity index is 429. The summed E-state index contributed by atoms with van der Waals surface area (Å²) in [6.07, 6.45) is 0.843. The van der Waals surface area contributed by atoms with E-state index in [0.29, 0.717) is 28.0 Å². The molecule has 0 bridgehead atoms. The van der Waals surface area contributed by atoms with Crippen molar-refractivity contribution in [3.63, 3.8) is 0 Å². The minimum atomic E-state index is -0.323. The Morgan fingerprint density at radius 1 is 1.47 bits per heavy atom. The zero-order valence-electron chi connectivity index (χ0n) is 9.66. The largest absolute Gasteiger partial charge is 0.496 e. The van der Waals surface area contributed by atoms with Gasteiger partial charge < -0.3 is 9.47 Å². The number of benzene rings is 1. The molecule has 0 heterocycles. The Labute approximate surface area is 108 Å². The topological polar surface area (TPSA) is 52.6 Å². The minimum absolute atomic E-state index is 0.120. The molecule has 0 N–H and O–H groups in total. The van der Waals surface area contributed by atoms with E-state index in [1.807, 2.05) is 0 Å². The van der Waals surface area contributed by atoms with Gasteiger partial charge in [0.2, 0.25) is 0 Å². The van der Waals surface area contributed by atoms with Crippen molar-refractivity contribution in [3.8, 4) is 5.75 Å². The Kier molecular flexibility index (Phi) is 5.15. The molecule has 0 saturated carbocycles. The van der Waals surface area contributed by atoms with Gasteiger partial charge in [-0.1, -0.05) is 15.9 Å². The van der Waals surface area contributed by atoms with Gasteiger partial charge in [0, 0.05) is 15.6 Å². The fourth-order valence-electron chi connectivity index (χ4n) is 1.40. The van der Waals surface area contributed by atoms with Crippen LogP contribution in [0.25, 0.3) is 0 Å². The molecule has 0 amide bonds. The van der Waals surface area contributed by atoms with Crippen LogP contribution in [0.4, 0.5) is 0 Å². The van der Waals surface area contributed by atoms with Crippen LogP contribution in [0.5, 0.6) is 5.75 Å². The van der Waals surface area contributed by atoms with Crippen molar-refractivity contribution in [2.24, 2.45) is 0 Å². The molecule has 1 rings (SSSR count). The Morgan fingerprint density at radius 2 is 2.18 bits per heavy atom. The summed E-state index contributed by atoms with van der Waals surface area (Å²) in [6.45, 7) is 2.09. The molecule has 0 saturated heterocycles. The number of aldehydes is 1. The highest BCUT2D eigenvalue weighted by Gasteiger charge is 2.12. The second kappa shape index (κ2) is 6.39. The SMILES string of the molecule is CCOC(=O)Cc1cc(Br)c(C=O)cc1OC. The van der Waals surface area contributed by atoms with Gasteiger partial charge in [0.15, 0.2) is 6.29 Å². The smallest absolute Gasteiger partial charge is 0.310 e. The molecule has 5 heteroatoms. The van der Waals surface area contributed by atoms with Gasteiger partial charge >= 0.3 is 5.97 Å². The number of ether oxygens (including phenoxy) is 2. The van der Waals surface area contributed by atoms with E-state index >= 15 is 0 Å². The summed E-state index contributed by atoms with van der Waals surface area (Å²) in [7, 11) is 1.49. The maximum Gasteiger partial charge on any atom is 0.310 e. The van der Waals surface area contributed by atoms with Crippen LogP contribution < -0.4 is 4.74 Å². The van der Waals surface area contributed by atoms with Crippen LogP contribution in [0.15, 0.2) is 16.6 Å². The number of hydrogen-bond acceptors (Lipinski definition) is 4. The first kappa shape index (κ1) is 13.7. The minimum Gasteiger partial charge on any atom is -0.496 e. The fourth-order valence-corrected chi connectivity index (χ4v) is 1.88. The first-order chi connectivity index (χ1) is 8.12. The van der Waals surface area contributed by atoms with Crippen LogP contribution in [-0.4, -0.2) is 26.0 Å². The van der Waals surface area contributed by atoms with Crippen molar-refractivity contribution >= 4 is 28.2 Å². The Morgan fingerprint density at radius 3 is 2.71 bits per heavy atom. The Hall–Kier alpha value is -1.36. The fraction of sp³-hybridized carbons (Fsp3) is 0.333. The van der Waals surface area contributed by atoms with Gasteiger partial charge in [0.25, 0.3) is 0 Å². The third-order valence-corrected chi connectivity index (χ3v) is 2.85. The highest BCUT2D eigenvalue weighted by molar-refractivity contribution is 9.10. The van der Waals surface area contributed by atoms with Crippen LogP contribution in [0.2, 0.25) is 0 Å². The standard InChI is InChI=1S/C12H13BrO4/c1-3-17-12(15)6-8-4-10(13)9(7-14)5-11(8)16-2/h4-5,7H,3,6H2,1-2H3. The lowest BCUT2D eigenvalue weighted by Crippen LogP contribution is -2.09. The molecule has 1 aromatic carbocycles. The highest BCUT2D eigenvalue weighted by atomic mass is 79.9. The van der Waals surface area contributed by atoms with Crippen molar-refractivity contribution in [2.45, 2.75) is 13.3 Å². The lowest BCUT2D eigenvalue weighted by atomic mass is 10.1. The summed E-state index contributed by atoms with van der Waals surface area (Å²) in [5, 5.41) is 0. The molecule has 0 fully saturated rings. The second-order valence-corrected chi connectivity index (χ2v) is 4.14. The average molecular weight is 301 g/mol. The average Bonchev–Trinajstić information content (AvgIpc) is 2.29. The number of carbonyl (C=O) groups is 2. The van der Waals surface area contributed by atoms with E-state index in [0.717, 1.165) is 6.29 Å². The molecule has 1 aromatic rings. The van der Waals surface area contributed by atoms with E-state index in [-0.39, 0.29) is 12.4 Å². The Balaban J connectivity index is 3.02. The van der Waals surface area contributed by atoms with Crippen LogP contribution in [0.1, 0.15) is 22.8 Å². The predicted molar refractivity (Wildman–Crippen MR) is 66.4 cm³/mol. The first-order valence-electron chi connectivity index (χ1n) is 5.09. The summed E-state index contributed by atoms with van der Waals surface area (Å²) in [5.41, 5.74) is 1.16. The van der Waals surface area contributed by atoms with Gasteiger partial charge in [-0.3, -0.25) is 9.59 Å². The maximum absolute atomic E-state index is 11.4. The van der Waals surface area contributed by atoms with Crippen LogP contribution in [0, 0.1) is 0 Å². The predicted octanol–water partition coefficient (Wildman–Crippen LogP) is 2.38. The maximum atomic E-state index is 11.4. The lowest BCUT2D eigenvalue weighted by molar-refractivity contribution is -0.142. The van der Waals surface area contributed by atoms with Gasteiger partial charge in [0.1, 0.15) is 5.75 Å². The molecular formula is C12H13BrO4. The molecule has 0 unspecified atom stereocenters. The lowest BCUT2D eigenvalue weighted by Gasteiger charge is -2.10. The van der Waals surface area contributed by atoms with Crippen molar-refractivity contribution < 1.29 is 19.1 Å². The molecule has 92 valence electrons. The van der Waals surface area contributed by atoms with Gasteiger partial charge in [-0.15, -0.1) is 0 Å². The van der Waals surface area contributed by atoms with Crippen molar-refractivity contribution in [3.05, 3.63) is 27.7 Å². The van der Waals surface area contributed by atoms with Crippen LogP contribution >= 0.6 is 15.9 Å². The van der Waals surface area contributed by atoms with Crippen molar-refractivity contribution in [1.82, 2.24) is 0 Å². The molecule has 0 atom stereocenters. The quantitative estimate of drug-likeness (QED) is 0.619. The van der Waals surface area contributed by atoms with Crippen LogP contribution in [0.3, 0.4) is 0 Å². The molecule has 0 aliphatic heterocycles. The van der Waals surface area contributed by atoms with E-state index in [1.54, 1.807) is 19.1 Å². The zero-order chi connectivity index (χ0) is 12.8. The molecule has 0 aliphatic rings. The van der Waals surface area contributed by atoms with E-state index < -0.39 is 0 Å². The first-order valence-corrected chi connectivity index (χ1v) is 5.88. The molecule has 0 radical (unpaired) electrons. The van der Waals surface area contributed by atoms with E-state index in [2.05, 4.69) is 15.9 Å². The second-order valence-electron chi connectivity index (χ2n) is 3.29. The van der Waals surface area contributed by atoms with E-state index in [1.165, 1.54) is 7.11 Å². The van der Waals surface area contributed by atoms with E-state index in [4.69, 9.17) is 9.47 Å². The van der Waals surface area contributed by atoms with Crippen LogP contribution in [-0.2, 0) is 16.0 Å². The molecule has 0 aromatic heterocycles. The summed E-state index contributed by atoms with van der Waals surface area (Å²) in [5.74, 6) is 0.180.